The molecular weight excluding hydrogens is 184 g/mol. The molecule has 0 amide bonds. The van der Waals surface area contributed by atoms with Gasteiger partial charge in [0.05, 0.1) is 5.57 Å². The molecule has 0 heterocycles. The highest BCUT2D eigenvalue weighted by atomic mass is 15.0. The molecule has 15 heavy (non-hydrogen) atoms. The predicted molar refractivity (Wildman–Crippen MR) is 63.2 cm³/mol. The maximum Gasteiger partial charge on any atom is 0.101 e. The van der Waals surface area contributed by atoms with Crippen LogP contribution in [-0.2, 0) is 0 Å². The molecule has 0 fully saturated rings. The molecule has 0 N–H and O–H groups in total. The first kappa shape index (κ1) is 11.3. The van der Waals surface area contributed by atoms with E-state index in [4.69, 9.17) is 5.26 Å². The topological polar surface area (TPSA) is 27.0 Å². The van der Waals surface area contributed by atoms with Crippen LogP contribution in [0.25, 0.3) is 5.57 Å². The zero-order valence-electron chi connectivity index (χ0n) is 9.70. The number of allylic oxidation sites excluding steroid dienone is 1. The molecule has 0 spiro atoms. The second-order valence-corrected chi connectivity index (χ2v) is 3.92. The Morgan fingerprint density at radius 3 is 2.40 bits per heavy atom. The molecule has 0 aliphatic heterocycles. The summed E-state index contributed by atoms with van der Waals surface area (Å²) in [7, 11) is 3.83. The Morgan fingerprint density at radius 2 is 1.93 bits per heavy atom. The van der Waals surface area contributed by atoms with Crippen LogP contribution in [0.2, 0.25) is 0 Å². The molecule has 0 aliphatic carbocycles. The quantitative estimate of drug-likeness (QED) is 0.686. The first-order valence-corrected chi connectivity index (χ1v) is 4.90. The molecule has 0 aliphatic rings. The third-order valence-corrected chi connectivity index (χ3v) is 2.33. The number of nitriles is 1. The van der Waals surface area contributed by atoms with Crippen molar-refractivity contribution in [3.05, 3.63) is 41.1 Å². The lowest BCUT2D eigenvalue weighted by atomic mass is 10.0. The number of benzene rings is 1. The van der Waals surface area contributed by atoms with Gasteiger partial charge in [-0.2, -0.15) is 5.26 Å². The average Bonchev–Trinajstić information content (AvgIpc) is 2.18. The van der Waals surface area contributed by atoms with Gasteiger partial charge in [0.1, 0.15) is 6.07 Å². The van der Waals surface area contributed by atoms with E-state index in [-0.39, 0.29) is 0 Å². The van der Waals surface area contributed by atoms with Crippen molar-refractivity contribution in [2.24, 2.45) is 0 Å². The average molecular weight is 200 g/mol. The Kier molecular flexibility index (Phi) is 3.51. The third kappa shape index (κ3) is 2.85. The van der Waals surface area contributed by atoms with Gasteiger partial charge in [0.15, 0.2) is 0 Å². The van der Waals surface area contributed by atoms with Gasteiger partial charge in [-0.15, -0.1) is 0 Å². The van der Waals surface area contributed by atoms with Crippen LogP contribution in [-0.4, -0.2) is 19.0 Å². The van der Waals surface area contributed by atoms with Crippen LogP contribution < -0.4 is 0 Å². The lowest BCUT2D eigenvalue weighted by molar-refractivity contribution is 0.566. The maximum absolute atomic E-state index is 9.04. The first-order valence-electron chi connectivity index (χ1n) is 4.90. The van der Waals surface area contributed by atoms with Crippen LogP contribution in [0.3, 0.4) is 0 Å². The molecule has 78 valence electrons. The van der Waals surface area contributed by atoms with Crippen LogP contribution in [0.4, 0.5) is 0 Å². The van der Waals surface area contributed by atoms with Gasteiger partial charge in [-0.25, -0.2) is 0 Å². The van der Waals surface area contributed by atoms with Crippen LogP contribution >= 0.6 is 0 Å². The van der Waals surface area contributed by atoms with Crippen molar-refractivity contribution < 1.29 is 0 Å². The third-order valence-electron chi connectivity index (χ3n) is 2.33. The lowest BCUT2D eigenvalue weighted by Gasteiger charge is -2.08. The van der Waals surface area contributed by atoms with Crippen molar-refractivity contribution in [1.82, 2.24) is 4.90 Å². The molecule has 0 saturated carbocycles. The molecule has 0 saturated heterocycles. The number of aryl methyl sites for hydroxylation is 2. The summed E-state index contributed by atoms with van der Waals surface area (Å²) in [6.45, 7) is 4.13. The molecule has 0 radical (unpaired) electrons. The molecule has 2 nitrogen and oxygen atoms in total. The van der Waals surface area contributed by atoms with Gasteiger partial charge in [-0.1, -0.05) is 18.2 Å². The van der Waals surface area contributed by atoms with E-state index in [9.17, 15) is 0 Å². The fourth-order valence-corrected chi connectivity index (χ4v) is 1.34. The van der Waals surface area contributed by atoms with Crippen LogP contribution in [0.15, 0.2) is 24.4 Å². The van der Waals surface area contributed by atoms with Crippen molar-refractivity contribution in [2.75, 3.05) is 14.1 Å². The van der Waals surface area contributed by atoms with E-state index in [1.807, 2.05) is 43.4 Å². The second-order valence-electron chi connectivity index (χ2n) is 3.92. The molecule has 1 aromatic rings. The van der Waals surface area contributed by atoms with Crippen molar-refractivity contribution in [3.8, 4) is 6.07 Å². The summed E-state index contributed by atoms with van der Waals surface area (Å²) in [5, 5.41) is 9.04. The molecule has 0 bridgehead atoms. The summed E-state index contributed by atoms with van der Waals surface area (Å²) in [5.41, 5.74) is 4.14. The normalized spacial score (nSPS) is 11.0. The highest BCUT2D eigenvalue weighted by Gasteiger charge is 2.02. The van der Waals surface area contributed by atoms with E-state index in [0.717, 1.165) is 5.56 Å². The van der Waals surface area contributed by atoms with Gasteiger partial charge < -0.3 is 4.90 Å². The first-order chi connectivity index (χ1) is 7.04. The van der Waals surface area contributed by atoms with Crippen molar-refractivity contribution in [2.45, 2.75) is 13.8 Å². The summed E-state index contributed by atoms with van der Waals surface area (Å²) in [5.74, 6) is 0. The lowest BCUT2D eigenvalue weighted by Crippen LogP contribution is -2.02. The Morgan fingerprint density at radius 1 is 1.27 bits per heavy atom. The molecule has 0 aromatic heterocycles. The van der Waals surface area contributed by atoms with E-state index in [2.05, 4.69) is 19.9 Å². The molecule has 1 aromatic carbocycles. The molecule has 2 heteroatoms. The standard InChI is InChI=1S/C13H16N2/c1-10-5-6-12(7-11(10)2)13(8-14)9-15(3)4/h5-7,9H,1-4H3/b13-9+. The van der Waals surface area contributed by atoms with Gasteiger partial charge in [-0.3, -0.25) is 0 Å². The largest absolute Gasteiger partial charge is 0.382 e. The Balaban J connectivity index is 3.16. The number of rotatable bonds is 2. The van der Waals surface area contributed by atoms with Gasteiger partial charge in [-0.05, 0) is 30.5 Å². The minimum atomic E-state index is 0.697. The fraction of sp³-hybridized carbons (Fsp3) is 0.308. The number of hydrogen-bond donors (Lipinski definition) is 0. The minimum absolute atomic E-state index is 0.697. The smallest absolute Gasteiger partial charge is 0.101 e. The Labute approximate surface area is 91.4 Å². The van der Waals surface area contributed by atoms with Gasteiger partial charge in [0.25, 0.3) is 0 Å². The molecule has 1 rings (SSSR count). The fourth-order valence-electron chi connectivity index (χ4n) is 1.34. The van der Waals surface area contributed by atoms with E-state index in [1.54, 1.807) is 0 Å². The van der Waals surface area contributed by atoms with E-state index in [0.29, 0.717) is 5.57 Å². The van der Waals surface area contributed by atoms with Crippen LogP contribution in [0, 0.1) is 25.2 Å². The monoisotopic (exact) mass is 200 g/mol. The Hall–Kier alpha value is -1.75. The van der Waals surface area contributed by atoms with Gasteiger partial charge in [0, 0.05) is 20.3 Å². The van der Waals surface area contributed by atoms with E-state index >= 15 is 0 Å². The van der Waals surface area contributed by atoms with Crippen molar-refractivity contribution >= 4 is 5.57 Å². The SMILES string of the molecule is Cc1ccc(/C(C#N)=C/N(C)C)cc1C. The van der Waals surface area contributed by atoms with Crippen LogP contribution in [0.5, 0.6) is 0 Å². The van der Waals surface area contributed by atoms with Crippen molar-refractivity contribution in [3.63, 3.8) is 0 Å². The minimum Gasteiger partial charge on any atom is -0.382 e. The molecule has 0 unspecified atom stereocenters. The summed E-state index contributed by atoms with van der Waals surface area (Å²) >= 11 is 0. The summed E-state index contributed by atoms with van der Waals surface area (Å²) in [6, 6.07) is 8.30. The Bertz CT molecular complexity index is 423. The molecule has 0 atom stereocenters. The molecular formula is C13H16N2. The summed E-state index contributed by atoms with van der Waals surface area (Å²) in [4.78, 5) is 1.88. The zero-order chi connectivity index (χ0) is 11.4. The number of hydrogen-bond acceptors (Lipinski definition) is 2. The highest BCUT2D eigenvalue weighted by molar-refractivity contribution is 5.76. The van der Waals surface area contributed by atoms with E-state index < -0.39 is 0 Å². The zero-order valence-corrected chi connectivity index (χ0v) is 9.70. The van der Waals surface area contributed by atoms with Gasteiger partial charge >= 0.3 is 0 Å². The maximum atomic E-state index is 9.04. The van der Waals surface area contributed by atoms with Crippen LogP contribution in [0.1, 0.15) is 16.7 Å². The van der Waals surface area contributed by atoms with Crippen molar-refractivity contribution in [1.29, 1.82) is 5.26 Å². The van der Waals surface area contributed by atoms with E-state index in [1.165, 1.54) is 11.1 Å². The predicted octanol–water partition coefficient (Wildman–Crippen LogP) is 2.73. The summed E-state index contributed by atoms with van der Waals surface area (Å²) < 4.78 is 0. The van der Waals surface area contributed by atoms with Gasteiger partial charge in [0.2, 0.25) is 0 Å². The summed E-state index contributed by atoms with van der Waals surface area (Å²) in [6.07, 6.45) is 1.84. The highest BCUT2D eigenvalue weighted by Crippen LogP contribution is 2.17. The second kappa shape index (κ2) is 4.65. The number of nitrogens with zero attached hydrogens (tertiary/aromatic N) is 2.